The van der Waals surface area contributed by atoms with Gasteiger partial charge in [-0.3, -0.25) is 4.79 Å². The number of ether oxygens (including phenoxy) is 1. The van der Waals surface area contributed by atoms with Crippen LogP contribution in [0.15, 0.2) is 40.7 Å². The lowest BCUT2D eigenvalue weighted by molar-refractivity contribution is -0.117. The number of thiophene rings is 1. The lowest BCUT2D eigenvalue weighted by atomic mass is 10.3. The van der Waals surface area contributed by atoms with E-state index in [1.807, 2.05) is 23.6 Å². The Morgan fingerprint density at radius 2 is 2.22 bits per heavy atom. The third-order valence-corrected chi connectivity index (χ3v) is 5.22. The summed E-state index contributed by atoms with van der Waals surface area (Å²) >= 11 is 2.84. The van der Waals surface area contributed by atoms with Crippen molar-refractivity contribution < 1.29 is 13.9 Å². The number of hydrogen-bond acceptors (Lipinski definition) is 4. The van der Waals surface area contributed by atoms with Crippen LogP contribution in [0, 0.1) is 5.82 Å². The Bertz CT molecular complexity index is 881. The highest BCUT2D eigenvalue weighted by Crippen LogP contribution is 2.20. The lowest BCUT2D eigenvalue weighted by Crippen LogP contribution is -2.20. The molecule has 0 aliphatic carbocycles. The zero-order valence-electron chi connectivity index (χ0n) is 12.5. The van der Waals surface area contributed by atoms with Crippen molar-refractivity contribution in [2.75, 3.05) is 13.7 Å². The van der Waals surface area contributed by atoms with E-state index in [9.17, 15) is 9.18 Å². The van der Waals surface area contributed by atoms with Gasteiger partial charge in [-0.2, -0.15) is 4.99 Å². The lowest BCUT2D eigenvalue weighted by Gasteiger charge is -2.04. The number of carbonyl (C=O) groups excluding carboxylic acids is 1. The van der Waals surface area contributed by atoms with Crippen molar-refractivity contribution in [3.63, 3.8) is 0 Å². The van der Waals surface area contributed by atoms with Gasteiger partial charge in [-0.1, -0.05) is 23.5 Å². The Morgan fingerprint density at radius 3 is 2.96 bits per heavy atom. The van der Waals surface area contributed by atoms with Gasteiger partial charge in [-0.25, -0.2) is 4.39 Å². The van der Waals surface area contributed by atoms with E-state index in [-0.39, 0.29) is 18.1 Å². The zero-order chi connectivity index (χ0) is 16.2. The van der Waals surface area contributed by atoms with Crippen molar-refractivity contribution in [1.29, 1.82) is 0 Å². The fraction of sp³-hybridized carbons (Fsp3) is 0.250. The summed E-state index contributed by atoms with van der Waals surface area (Å²) in [4.78, 5) is 17.8. The molecule has 120 valence electrons. The second-order valence-electron chi connectivity index (χ2n) is 4.88. The Kier molecular flexibility index (Phi) is 5.00. The van der Waals surface area contributed by atoms with E-state index in [1.165, 1.54) is 28.7 Å². The number of hydrogen-bond donors (Lipinski definition) is 0. The third-order valence-electron chi connectivity index (χ3n) is 3.30. The summed E-state index contributed by atoms with van der Waals surface area (Å²) in [6, 6.07) is 8.71. The summed E-state index contributed by atoms with van der Waals surface area (Å²) in [6.45, 7) is 0.870. The summed E-state index contributed by atoms with van der Waals surface area (Å²) in [7, 11) is 1.59. The molecule has 0 bridgehead atoms. The van der Waals surface area contributed by atoms with Crippen LogP contribution in [0.4, 0.5) is 4.39 Å². The van der Waals surface area contributed by atoms with E-state index >= 15 is 0 Å². The molecule has 23 heavy (non-hydrogen) atoms. The number of halogens is 1. The highest BCUT2D eigenvalue weighted by Gasteiger charge is 2.12. The summed E-state index contributed by atoms with van der Waals surface area (Å²) in [6.07, 6.45) is 0.263. The first-order valence-electron chi connectivity index (χ1n) is 7.06. The number of amides is 1. The Morgan fingerprint density at radius 1 is 1.35 bits per heavy atom. The van der Waals surface area contributed by atoms with Gasteiger partial charge in [0.1, 0.15) is 5.82 Å². The second-order valence-corrected chi connectivity index (χ2v) is 6.92. The van der Waals surface area contributed by atoms with Gasteiger partial charge in [0, 0.05) is 18.5 Å². The normalized spacial score (nSPS) is 12.2. The molecule has 0 radical (unpaired) electrons. The largest absolute Gasteiger partial charge is 0.383 e. The molecule has 0 spiro atoms. The fourth-order valence-electron chi connectivity index (χ4n) is 2.27. The zero-order valence-corrected chi connectivity index (χ0v) is 14.1. The van der Waals surface area contributed by atoms with Gasteiger partial charge in [-0.05, 0) is 23.6 Å². The van der Waals surface area contributed by atoms with Crippen LogP contribution in [0.2, 0.25) is 0 Å². The minimum Gasteiger partial charge on any atom is -0.383 e. The van der Waals surface area contributed by atoms with E-state index in [1.54, 1.807) is 17.7 Å². The number of methoxy groups -OCH3 is 1. The number of benzene rings is 1. The Labute approximate surface area is 140 Å². The molecule has 1 aromatic carbocycles. The van der Waals surface area contributed by atoms with Crippen LogP contribution in [0.25, 0.3) is 10.2 Å². The molecule has 0 fully saturated rings. The quantitative estimate of drug-likeness (QED) is 0.709. The topological polar surface area (TPSA) is 43.6 Å². The van der Waals surface area contributed by atoms with Crippen molar-refractivity contribution in [3.05, 3.63) is 51.2 Å². The first-order valence-corrected chi connectivity index (χ1v) is 8.75. The minimum atomic E-state index is -0.318. The van der Waals surface area contributed by atoms with E-state index in [2.05, 4.69) is 4.99 Å². The van der Waals surface area contributed by atoms with E-state index < -0.39 is 0 Å². The molecule has 7 heteroatoms. The number of nitrogens with zero attached hydrogens (tertiary/aromatic N) is 2. The number of fused-ring (bicyclic) bond motifs is 1. The number of thiazole rings is 1. The van der Waals surface area contributed by atoms with E-state index in [0.29, 0.717) is 23.5 Å². The average Bonchev–Trinajstić information content (AvgIpc) is 3.13. The van der Waals surface area contributed by atoms with Crippen LogP contribution in [-0.4, -0.2) is 24.2 Å². The van der Waals surface area contributed by atoms with Crippen LogP contribution in [0.3, 0.4) is 0 Å². The van der Waals surface area contributed by atoms with Crippen LogP contribution in [0.5, 0.6) is 0 Å². The molecular weight excluding hydrogens is 335 g/mol. The molecule has 2 heterocycles. The summed E-state index contributed by atoms with van der Waals surface area (Å²) < 4.78 is 21.7. The molecule has 0 atom stereocenters. The molecule has 0 unspecified atom stereocenters. The van der Waals surface area contributed by atoms with Crippen LogP contribution < -0.4 is 4.80 Å². The number of aromatic nitrogens is 1. The van der Waals surface area contributed by atoms with Crippen molar-refractivity contribution in [1.82, 2.24) is 4.57 Å². The highest BCUT2D eigenvalue weighted by atomic mass is 32.1. The summed E-state index contributed by atoms with van der Waals surface area (Å²) in [5.74, 6) is -0.549. The van der Waals surface area contributed by atoms with Gasteiger partial charge < -0.3 is 9.30 Å². The monoisotopic (exact) mass is 350 g/mol. The Hall–Kier alpha value is -1.83. The molecule has 0 saturated carbocycles. The predicted molar refractivity (Wildman–Crippen MR) is 90.2 cm³/mol. The first-order chi connectivity index (χ1) is 11.2. The molecule has 0 aliphatic rings. The third kappa shape index (κ3) is 3.57. The standard InChI is InChI=1S/C16H15FN2O2S2/c1-21-8-7-19-15-12(17)5-2-6-13(15)23-16(19)18-14(20)10-11-4-3-9-22-11/h2-6,9H,7-8,10H2,1H3. The molecular formula is C16H15FN2O2S2. The van der Waals surface area contributed by atoms with Crippen LogP contribution >= 0.6 is 22.7 Å². The molecule has 4 nitrogen and oxygen atoms in total. The second kappa shape index (κ2) is 7.16. The molecule has 1 amide bonds. The van der Waals surface area contributed by atoms with E-state index in [0.717, 1.165) is 9.58 Å². The smallest absolute Gasteiger partial charge is 0.253 e. The first kappa shape index (κ1) is 16.0. The van der Waals surface area contributed by atoms with Crippen molar-refractivity contribution in [2.24, 2.45) is 4.99 Å². The molecule has 0 N–H and O–H groups in total. The number of para-hydroxylation sites is 1. The maximum absolute atomic E-state index is 14.2. The highest BCUT2D eigenvalue weighted by molar-refractivity contribution is 7.16. The maximum atomic E-state index is 14.2. The molecule has 3 rings (SSSR count). The van der Waals surface area contributed by atoms with Gasteiger partial charge in [-0.15, -0.1) is 11.3 Å². The van der Waals surface area contributed by atoms with Crippen molar-refractivity contribution in [2.45, 2.75) is 13.0 Å². The molecule has 3 aromatic rings. The van der Waals surface area contributed by atoms with Crippen LogP contribution in [-0.2, 0) is 22.5 Å². The molecule has 0 saturated heterocycles. The number of rotatable bonds is 5. The van der Waals surface area contributed by atoms with Gasteiger partial charge in [0.05, 0.1) is 23.2 Å². The average molecular weight is 350 g/mol. The number of carbonyl (C=O) groups is 1. The molecule has 0 aliphatic heterocycles. The molecule has 2 aromatic heterocycles. The SMILES string of the molecule is COCCn1c(=NC(=O)Cc2cccs2)sc2cccc(F)c21. The predicted octanol–water partition coefficient (Wildman–Crippen LogP) is 3.22. The fourth-order valence-corrected chi connectivity index (χ4v) is 4.05. The van der Waals surface area contributed by atoms with Gasteiger partial charge in [0.25, 0.3) is 5.91 Å². The van der Waals surface area contributed by atoms with Crippen molar-refractivity contribution >= 4 is 38.8 Å². The summed E-state index contributed by atoms with van der Waals surface area (Å²) in [5, 5.41) is 1.93. The summed E-state index contributed by atoms with van der Waals surface area (Å²) in [5.41, 5.74) is 0.470. The van der Waals surface area contributed by atoms with Gasteiger partial charge in [0.15, 0.2) is 4.80 Å². The Balaban J connectivity index is 2.03. The van der Waals surface area contributed by atoms with E-state index in [4.69, 9.17) is 4.74 Å². The van der Waals surface area contributed by atoms with Gasteiger partial charge in [0.2, 0.25) is 0 Å². The maximum Gasteiger partial charge on any atom is 0.253 e. The van der Waals surface area contributed by atoms with Gasteiger partial charge >= 0.3 is 0 Å². The van der Waals surface area contributed by atoms with Crippen LogP contribution in [0.1, 0.15) is 4.88 Å². The van der Waals surface area contributed by atoms with Crippen molar-refractivity contribution in [3.8, 4) is 0 Å². The minimum absolute atomic E-state index is 0.231.